The van der Waals surface area contributed by atoms with E-state index in [0.29, 0.717) is 0 Å². The Balaban J connectivity index is 0.00000106. The lowest BCUT2D eigenvalue weighted by Gasteiger charge is -2.09. The van der Waals surface area contributed by atoms with E-state index in [0.717, 1.165) is 13.0 Å². The normalized spacial score (nSPS) is 15.0. The van der Waals surface area contributed by atoms with Gasteiger partial charge in [0.1, 0.15) is 0 Å². The van der Waals surface area contributed by atoms with Crippen molar-refractivity contribution in [3.05, 3.63) is 35.6 Å². The smallest absolute Gasteiger partial charge is 0.0141 e. The van der Waals surface area contributed by atoms with Crippen LogP contribution in [-0.2, 0) is 0 Å². The molecule has 1 heteroatoms. The van der Waals surface area contributed by atoms with Crippen LogP contribution in [0.15, 0.2) is 35.6 Å². The van der Waals surface area contributed by atoms with Gasteiger partial charge in [-0.1, -0.05) is 45.9 Å². The number of hydrogen-bond donors (Lipinski definition) is 1. The van der Waals surface area contributed by atoms with Gasteiger partial charge >= 0.3 is 0 Å². The quantitative estimate of drug-likeness (QED) is 0.716. The summed E-state index contributed by atoms with van der Waals surface area (Å²) < 4.78 is 0. The second-order valence-electron chi connectivity index (χ2n) is 3.63. The molecule has 1 aliphatic carbocycles. The van der Waals surface area contributed by atoms with Gasteiger partial charge in [-0.25, -0.2) is 0 Å². The highest BCUT2D eigenvalue weighted by Gasteiger charge is 1.96. The van der Waals surface area contributed by atoms with Gasteiger partial charge in [0.15, 0.2) is 0 Å². The van der Waals surface area contributed by atoms with Crippen molar-refractivity contribution in [3.63, 3.8) is 0 Å². The van der Waals surface area contributed by atoms with Crippen LogP contribution in [0.2, 0.25) is 0 Å². The SMILES string of the molecule is CC.CCCN/C(=C/C1=CCCC=C1)CC. The molecule has 0 aromatic rings. The molecule has 0 unspecified atom stereocenters. The molecule has 1 rings (SSSR count). The summed E-state index contributed by atoms with van der Waals surface area (Å²) in [5.74, 6) is 0. The Bertz CT molecular complexity index is 246. The summed E-state index contributed by atoms with van der Waals surface area (Å²) in [6, 6.07) is 0. The Hall–Kier alpha value is -0.980. The largest absolute Gasteiger partial charge is 0.388 e. The van der Waals surface area contributed by atoms with Crippen molar-refractivity contribution in [2.75, 3.05) is 6.54 Å². The number of allylic oxidation sites excluding steroid dienone is 6. The Labute approximate surface area is 101 Å². The third-order valence-corrected chi connectivity index (χ3v) is 2.35. The summed E-state index contributed by atoms with van der Waals surface area (Å²) >= 11 is 0. The van der Waals surface area contributed by atoms with Crippen molar-refractivity contribution in [1.29, 1.82) is 0 Å². The molecule has 0 saturated heterocycles. The molecule has 0 aliphatic heterocycles. The zero-order valence-electron chi connectivity index (χ0n) is 11.3. The van der Waals surface area contributed by atoms with Gasteiger partial charge in [0.2, 0.25) is 0 Å². The van der Waals surface area contributed by atoms with Crippen molar-refractivity contribution in [2.24, 2.45) is 0 Å². The van der Waals surface area contributed by atoms with Crippen molar-refractivity contribution in [2.45, 2.75) is 53.4 Å². The van der Waals surface area contributed by atoms with Gasteiger partial charge in [-0.05, 0) is 37.3 Å². The van der Waals surface area contributed by atoms with Crippen LogP contribution in [0, 0.1) is 0 Å². The van der Waals surface area contributed by atoms with E-state index in [1.807, 2.05) is 13.8 Å². The van der Waals surface area contributed by atoms with Crippen LogP contribution < -0.4 is 5.32 Å². The molecule has 0 radical (unpaired) electrons. The molecule has 16 heavy (non-hydrogen) atoms. The number of hydrogen-bond acceptors (Lipinski definition) is 1. The zero-order chi connectivity index (χ0) is 12.2. The molecule has 0 saturated carbocycles. The topological polar surface area (TPSA) is 12.0 Å². The van der Waals surface area contributed by atoms with E-state index >= 15 is 0 Å². The molecule has 1 nitrogen and oxygen atoms in total. The third kappa shape index (κ3) is 6.49. The molecule has 1 aliphatic rings. The minimum absolute atomic E-state index is 1.08. The fourth-order valence-electron chi connectivity index (χ4n) is 1.51. The van der Waals surface area contributed by atoms with E-state index < -0.39 is 0 Å². The second kappa shape index (κ2) is 10.5. The predicted molar refractivity (Wildman–Crippen MR) is 74.5 cm³/mol. The van der Waals surface area contributed by atoms with Gasteiger partial charge in [0.05, 0.1) is 0 Å². The lowest BCUT2D eigenvalue weighted by Crippen LogP contribution is -2.13. The molecule has 0 atom stereocenters. The highest BCUT2D eigenvalue weighted by molar-refractivity contribution is 5.34. The van der Waals surface area contributed by atoms with Crippen LogP contribution in [0.4, 0.5) is 0 Å². The minimum Gasteiger partial charge on any atom is -0.388 e. The minimum atomic E-state index is 1.08. The lowest BCUT2D eigenvalue weighted by molar-refractivity contribution is 0.741. The highest BCUT2D eigenvalue weighted by Crippen LogP contribution is 2.12. The molecular weight excluding hydrogens is 194 g/mol. The van der Waals surface area contributed by atoms with Crippen molar-refractivity contribution >= 4 is 0 Å². The van der Waals surface area contributed by atoms with Gasteiger partial charge < -0.3 is 5.32 Å². The summed E-state index contributed by atoms with van der Waals surface area (Å²) in [6.45, 7) is 9.47. The first kappa shape index (κ1) is 15.0. The van der Waals surface area contributed by atoms with Gasteiger partial charge in [-0.15, -0.1) is 0 Å². The van der Waals surface area contributed by atoms with Crippen LogP contribution in [0.1, 0.15) is 53.4 Å². The Morgan fingerprint density at radius 1 is 1.31 bits per heavy atom. The molecule has 0 aromatic carbocycles. The summed E-state index contributed by atoms with van der Waals surface area (Å²) in [4.78, 5) is 0. The summed E-state index contributed by atoms with van der Waals surface area (Å²) in [5, 5.41) is 3.45. The number of nitrogens with one attached hydrogen (secondary N) is 1. The third-order valence-electron chi connectivity index (χ3n) is 2.35. The molecule has 0 fully saturated rings. The summed E-state index contributed by atoms with van der Waals surface area (Å²) in [6.07, 6.45) is 13.7. The Morgan fingerprint density at radius 2 is 2.06 bits per heavy atom. The maximum atomic E-state index is 3.45. The van der Waals surface area contributed by atoms with Crippen molar-refractivity contribution < 1.29 is 0 Å². The summed E-state index contributed by atoms with van der Waals surface area (Å²) in [7, 11) is 0. The fourth-order valence-corrected chi connectivity index (χ4v) is 1.51. The summed E-state index contributed by atoms with van der Waals surface area (Å²) in [5.41, 5.74) is 2.71. The van der Waals surface area contributed by atoms with E-state index in [4.69, 9.17) is 0 Å². The van der Waals surface area contributed by atoms with Gasteiger partial charge in [-0.3, -0.25) is 0 Å². The lowest BCUT2D eigenvalue weighted by atomic mass is 10.1. The molecular formula is C15H27N. The molecule has 0 bridgehead atoms. The van der Waals surface area contributed by atoms with E-state index in [2.05, 4.69) is 43.5 Å². The van der Waals surface area contributed by atoms with E-state index in [-0.39, 0.29) is 0 Å². The van der Waals surface area contributed by atoms with Gasteiger partial charge in [-0.2, -0.15) is 0 Å². The monoisotopic (exact) mass is 221 g/mol. The molecule has 0 spiro atoms. The Kier molecular flexibility index (Phi) is 9.89. The standard InChI is InChI=1S/C13H21N.C2H6/c1-3-10-14-13(4-2)11-12-8-6-5-7-9-12;1-2/h6,8-9,11,14H,3-5,7,10H2,1-2H3;1-2H3/b13-11+;. The average molecular weight is 221 g/mol. The Morgan fingerprint density at radius 3 is 2.56 bits per heavy atom. The maximum absolute atomic E-state index is 3.45. The van der Waals surface area contributed by atoms with Crippen LogP contribution in [0.3, 0.4) is 0 Å². The number of rotatable bonds is 5. The predicted octanol–water partition coefficient (Wildman–Crippen LogP) is 4.58. The molecule has 0 aromatic heterocycles. The van der Waals surface area contributed by atoms with E-state index in [1.54, 1.807) is 0 Å². The van der Waals surface area contributed by atoms with E-state index in [1.165, 1.54) is 30.5 Å². The van der Waals surface area contributed by atoms with Crippen LogP contribution in [0.5, 0.6) is 0 Å². The van der Waals surface area contributed by atoms with E-state index in [9.17, 15) is 0 Å². The first-order chi connectivity index (χ1) is 7.86. The van der Waals surface area contributed by atoms with Crippen LogP contribution >= 0.6 is 0 Å². The second-order valence-corrected chi connectivity index (χ2v) is 3.63. The zero-order valence-corrected chi connectivity index (χ0v) is 11.3. The average Bonchev–Trinajstić information content (AvgIpc) is 2.38. The molecule has 1 N–H and O–H groups in total. The maximum Gasteiger partial charge on any atom is 0.0141 e. The fraction of sp³-hybridized carbons (Fsp3) is 0.600. The van der Waals surface area contributed by atoms with Gasteiger partial charge in [0, 0.05) is 12.2 Å². The van der Waals surface area contributed by atoms with Crippen molar-refractivity contribution in [1.82, 2.24) is 5.32 Å². The first-order valence-electron chi connectivity index (χ1n) is 6.68. The van der Waals surface area contributed by atoms with Crippen molar-refractivity contribution in [3.8, 4) is 0 Å². The van der Waals surface area contributed by atoms with Crippen LogP contribution in [0.25, 0.3) is 0 Å². The first-order valence-corrected chi connectivity index (χ1v) is 6.68. The highest BCUT2D eigenvalue weighted by atomic mass is 14.9. The molecule has 92 valence electrons. The van der Waals surface area contributed by atoms with Crippen LogP contribution in [-0.4, -0.2) is 6.54 Å². The molecule has 0 amide bonds. The van der Waals surface area contributed by atoms with Gasteiger partial charge in [0.25, 0.3) is 0 Å². The molecule has 0 heterocycles.